The minimum Gasteiger partial charge on any atom is -0.504 e. The van der Waals surface area contributed by atoms with E-state index in [9.17, 15) is 30.3 Å². The van der Waals surface area contributed by atoms with E-state index in [2.05, 4.69) is 0 Å². The van der Waals surface area contributed by atoms with E-state index in [4.69, 9.17) is 28.8 Å². The van der Waals surface area contributed by atoms with Crippen molar-refractivity contribution in [2.24, 2.45) is 0 Å². The van der Waals surface area contributed by atoms with E-state index < -0.39 is 67.2 Å². The number of phenols is 1. The molecule has 12 heteroatoms. The largest absolute Gasteiger partial charge is 0.504 e. The van der Waals surface area contributed by atoms with Gasteiger partial charge in [0.2, 0.25) is 0 Å². The minimum atomic E-state index is -1.64. The first-order valence-electron chi connectivity index (χ1n) is 11.6. The Balaban J connectivity index is 1.60. The average Bonchev–Trinajstić information content (AvgIpc) is 2.85. The first kappa shape index (κ1) is 28.3. The lowest BCUT2D eigenvalue weighted by Crippen LogP contribution is -2.63. The third-order valence-electron chi connectivity index (χ3n) is 6.27. The van der Waals surface area contributed by atoms with E-state index in [-0.39, 0.29) is 24.5 Å². The third kappa shape index (κ3) is 6.33. The molecule has 0 aliphatic carbocycles. The minimum absolute atomic E-state index is 0.0551. The first-order chi connectivity index (χ1) is 17.1. The number of carbonyl (C=O) groups excluding carboxylic acids is 1. The Morgan fingerprint density at radius 1 is 1.00 bits per heavy atom. The lowest BCUT2D eigenvalue weighted by molar-refractivity contribution is -0.335. The van der Waals surface area contributed by atoms with Crippen LogP contribution in [0.5, 0.6) is 11.5 Å². The van der Waals surface area contributed by atoms with E-state index in [0.717, 1.165) is 6.08 Å². The maximum absolute atomic E-state index is 12.3. The van der Waals surface area contributed by atoms with Gasteiger partial charge < -0.3 is 54.3 Å². The molecule has 6 N–H and O–H groups in total. The zero-order chi connectivity index (χ0) is 26.6. The van der Waals surface area contributed by atoms with Gasteiger partial charge in [-0.1, -0.05) is 6.07 Å². The van der Waals surface area contributed by atoms with Crippen LogP contribution in [-0.4, -0.2) is 112 Å². The van der Waals surface area contributed by atoms with Crippen LogP contribution < -0.4 is 4.74 Å². The van der Waals surface area contributed by atoms with Gasteiger partial charge in [0.15, 0.2) is 23.9 Å². The molecule has 0 bridgehead atoms. The molecule has 202 valence electrons. The van der Waals surface area contributed by atoms with Gasteiger partial charge in [-0.25, -0.2) is 4.79 Å². The maximum Gasteiger partial charge on any atom is 0.331 e. The van der Waals surface area contributed by atoms with E-state index in [0.29, 0.717) is 5.56 Å². The fraction of sp³-hybridized carbons (Fsp3) is 0.625. The van der Waals surface area contributed by atoms with Crippen molar-refractivity contribution in [3.63, 3.8) is 0 Å². The number of aromatic hydroxyl groups is 1. The standard InChI is InChI=1S/C24H34O12/c1-11-23(19(29)18(28)15(33-11)8-9-25)36-24-21(31)20(30)22(12(2)34-24)35-17(27)7-5-13-4-6-14(26)16(10-13)32-3/h4-7,10-12,15,18-26,28-31H,8-9H2,1-3H3/b7-5+. The Kier molecular flexibility index (Phi) is 9.66. The number of esters is 1. The molecule has 12 nitrogen and oxygen atoms in total. The summed E-state index contributed by atoms with van der Waals surface area (Å²) < 4.78 is 27.2. The summed E-state index contributed by atoms with van der Waals surface area (Å²) in [6.45, 7) is 2.88. The van der Waals surface area contributed by atoms with Crippen LogP contribution in [-0.2, 0) is 23.7 Å². The molecule has 3 rings (SSSR count). The number of benzene rings is 1. The van der Waals surface area contributed by atoms with Crippen LogP contribution in [0.1, 0.15) is 25.8 Å². The molecular formula is C24H34O12. The summed E-state index contributed by atoms with van der Waals surface area (Å²) in [7, 11) is 1.39. The fourth-order valence-electron chi connectivity index (χ4n) is 4.25. The summed E-state index contributed by atoms with van der Waals surface area (Å²) in [6, 6.07) is 4.48. The van der Waals surface area contributed by atoms with Crippen LogP contribution in [0.4, 0.5) is 0 Å². The quantitative estimate of drug-likeness (QED) is 0.185. The monoisotopic (exact) mass is 514 g/mol. The van der Waals surface area contributed by atoms with Gasteiger partial charge in [0, 0.05) is 12.7 Å². The molecule has 2 heterocycles. The second-order valence-corrected chi connectivity index (χ2v) is 8.83. The molecule has 0 aromatic heterocycles. The summed E-state index contributed by atoms with van der Waals surface area (Å²) in [5.41, 5.74) is 0.550. The Labute approximate surface area is 208 Å². The van der Waals surface area contributed by atoms with Gasteiger partial charge >= 0.3 is 5.97 Å². The van der Waals surface area contributed by atoms with Crippen molar-refractivity contribution in [1.82, 2.24) is 0 Å². The molecule has 10 unspecified atom stereocenters. The summed E-state index contributed by atoms with van der Waals surface area (Å²) in [4.78, 5) is 12.3. The van der Waals surface area contributed by atoms with Crippen LogP contribution in [0.15, 0.2) is 24.3 Å². The molecule has 2 saturated heterocycles. The number of aliphatic hydroxyl groups excluding tert-OH is 5. The number of ether oxygens (including phenoxy) is 5. The normalized spacial score (nSPS) is 37.1. The highest BCUT2D eigenvalue weighted by Crippen LogP contribution is 2.31. The molecule has 1 aromatic carbocycles. The molecule has 2 aliphatic rings. The van der Waals surface area contributed by atoms with E-state index in [1.54, 1.807) is 13.0 Å². The topological polar surface area (TPSA) is 185 Å². The molecule has 36 heavy (non-hydrogen) atoms. The number of hydrogen-bond acceptors (Lipinski definition) is 12. The zero-order valence-corrected chi connectivity index (χ0v) is 20.2. The number of carbonyl (C=O) groups is 1. The molecule has 10 atom stereocenters. The van der Waals surface area contributed by atoms with Gasteiger partial charge in [-0.2, -0.15) is 0 Å². The van der Waals surface area contributed by atoms with Gasteiger partial charge in [0.1, 0.15) is 30.5 Å². The zero-order valence-electron chi connectivity index (χ0n) is 20.2. The van der Waals surface area contributed by atoms with Crippen LogP contribution in [0.3, 0.4) is 0 Å². The van der Waals surface area contributed by atoms with E-state index in [1.807, 2.05) is 0 Å². The van der Waals surface area contributed by atoms with Gasteiger partial charge in [0.05, 0.1) is 25.4 Å². The third-order valence-corrected chi connectivity index (χ3v) is 6.27. The fourth-order valence-corrected chi connectivity index (χ4v) is 4.25. The molecule has 2 fully saturated rings. The molecule has 0 radical (unpaired) electrons. The summed E-state index contributed by atoms with van der Waals surface area (Å²) in [5.74, 6) is -0.639. The molecule has 1 aromatic rings. The highest BCUT2D eigenvalue weighted by Gasteiger charge is 2.49. The molecule has 2 aliphatic heterocycles. The number of methoxy groups -OCH3 is 1. The van der Waals surface area contributed by atoms with Crippen LogP contribution in [0.25, 0.3) is 6.08 Å². The smallest absolute Gasteiger partial charge is 0.331 e. The van der Waals surface area contributed by atoms with Gasteiger partial charge in [-0.15, -0.1) is 0 Å². The number of phenolic OH excluding ortho intramolecular Hbond substituents is 1. The summed E-state index contributed by atoms with van der Waals surface area (Å²) in [6.07, 6.45) is -9.43. The molecule has 0 saturated carbocycles. The molecule has 0 spiro atoms. The summed E-state index contributed by atoms with van der Waals surface area (Å²) >= 11 is 0. The lowest BCUT2D eigenvalue weighted by Gasteiger charge is -2.46. The average molecular weight is 515 g/mol. The highest BCUT2D eigenvalue weighted by atomic mass is 16.7. The Morgan fingerprint density at radius 3 is 2.33 bits per heavy atom. The Morgan fingerprint density at radius 2 is 1.67 bits per heavy atom. The van der Waals surface area contributed by atoms with Crippen molar-refractivity contribution in [2.75, 3.05) is 13.7 Å². The van der Waals surface area contributed by atoms with Crippen LogP contribution in [0, 0.1) is 0 Å². The lowest BCUT2D eigenvalue weighted by atomic mass is 9.93. The van der Waals surface area contributed by atoms with E-state index >= 15 is 0 Å². The van der Waals surface area contributed by atoms with Crippen molar-refractivity contribution in [1.29, 1.82) is 0 Å². The second kappa shape index (κ2) is 12.3. The first-order valence-corrected chi connectivity index (χ1v) is 11.6. The van der Waals surface area contributed by atoms with E-state index in [1.165, 1.54) is 32.2 Å². The van der Waals surface area contributed by atoms with Gasteiger partial charge in [0.25, 0.3) is 0 Å². The van der Waals surface area contributed by atoms with Crippen molar-refractivity contribution in [2.45, 2.75) is 81.5 Å². The van der Waals surface area contributed by atoms with Gasteiger partial charge in [-0.3, -0.25) is 0 Å². The van der Waals surface area contributed by atoms with Crippen molar-refractivity contribution >= 4 is 12.0 Å². The number of hydrogen-bond donors (Lipinski definition) is 6. The van der Waals surface area contributed by atoms with Crippen molar-refractivity contribution in [3.05, 3.63) is 29.8 Å². The SMILES string of the molecule is COc1cc(/C=C/C(=O)OC2C(C)OC(OC3C(C)OC(CCO)C(O)C3O)C(O)C2O)ccc1O. The van der Waals surface area contributed by atoms with Crippen LogP contribution in [0.2, 0.25) is 0 Å². The second-order valence-electron chi connectivity index (χ2n) is 8.83. The Hall–Kier alpha value is -2.29. The predicted octanol–water partition coefficient (Wildman–Crippen LogP) is -0.931. The summed E-state index contributed by atoms with van der Waals surface area (Å²) in [5, 5.41) is 60.7. The number of aliphatic hydroxyl groups is 5. The van der Waals surface area contributed by atoms with Crippen molar-refractivity contribution in [3.8, 4) is 11.5 Å². The predicted molar refractivity (Wildman–Crippen MR) is 123 cm³/mol. The number of rotatable bonds is 8. The van der Waals surface area contributed by atoms with Gasteiger partial charge in [-0.05, 0) is 44.0 Å². The Bertz CT molecular complexity index is 907. The van der Waals surface area contributed by atoms with Crippen molar-refractivity contribution < 1.29 is 59.1 Å². The maximum atomic E-state index is 12.3. The molecular weight excluding hydrogens is 480 g/mol. The molecule has 0 amide bonds. The van der Waals surface area contributed by atoms with Crippen LogP contribution >= 0.6 is 0 Å². The highest BCUT2D eigenvalue weighted by molar-refractivity contribution is 5.87.